The summed E-state index contributed by atoms with van der Waals surface area (Å²) in [5.41, 5.74) is 0.929. The summed E-state index contributed by atoms with van der Waals surface area (Å²) < 4.78 is 18.8. The summed E-state index contributed by atoms with van der Waals surface area (Å²) in [5, 5.41) is 3.08. The van der Waals surface area contributed by atoms with Crippen molar-refractivity contribution in [2.24, 2.45) is 5.92 Å². The van der Waals surface area contributed by atoms with Crippen molar-refractivity contribution in [2.45, 2.75) is 45.3 Å². The van der Waals surface area contributed by atoms with Gasteiger partial charge in [-0.3, -0.25) is 9.69 Å². The average molecular weight is 336 g/mol. The molecule has 1 aromatic rings. The fourth-order valence-electron chi connectivity index (χ4n) is 3.13. The molecule has 1 heterocycles. The molecular formula is C19H29FN2O2. The van der Waals surface area contributed by atoms with E-state index in [-0.39, 0.29) is 29.8 Å². The van der Waals surface area contributed by atoms with E-state index in [4.69, 9.17) is 4.74 Å². The molecule has 134 valence electrons. The molecule has 0 aliphatic carbocycles. The SMILES string of the molecule is CC(C)C(NC(=O)CN(C)CC1CCCCO1)c1ccc(F)cc1. The van der Waals surface area contributed by atoms with Crippen LogP contribution < -0.4 is 5.32 Å². The molecule has 4 nitrogen and oxygen atoms in total. The number of halogens is 1. The second-order valence-electron chi connectivity index (χ2n) is 7.03. The van der Waals surface area contributed by atoms with Crippen molar-refractivity contribution in [3.63, 3.8) is 0 Å². The third kappa shape index (κ3) is 5.87. The molecule has 0 spiro atoms. The van der Waals surface area contributed by atoms with E-state index in [1.807, 2.05) is 25.8 Å². The summed E-state index contributed by atoms with van der Waals surface area (Å²) >= 11 is 0. The molecule has 2 rings (SSSR count). The lowest BCUT2D eigenvalue weighted by Gasteiger charge is -2.28. The van der Waals surface area contributed by atoms with Gasteiger partial charge in [-0.05, 0) is 49.9 Å². The number of carbonyl (C=O) groups is 1. The van der Waals surface area contributed by atoms with Crippen LogP contribution in [-0.4, -0.2) is 43.7 Å². The van der Waals surface area contributed by atoms with Crippen molar-refractivity contribution in [3.05, 3.63) is 35.6 Å². The van der Waals surface area contributed by atoms with Gasteiger partial charge in [-0.25, -0.2) is 4.39 Å². The standard InChI is InChI=1S/C19H29FN2O2/c1-14(2)19(15-7-9-16(20)10-8-15)21-18(23)13-22(3)12-17-6-4-5-11-24-17/h7-10,14,17,19H,4-6,11-13H2,1-3H3,(H,21,23). The maximum absolute atomic E-state index is 13.1. The molecule has 2 unspecified atom stereocenters. The largest absolute Gasteiger partial charge is 0.377 e. The first-order valence-corrected chi connectivity index (χ1v) is 8.80. The molecule has 5 heteroatoms. The number of nitrogens with zero attached hydrogens (tertiary/aromatic N) is 1. The van der Waals surface area contributed by atoms with Crippen LogP contribution in [-0.2, 0) is 9.53 Å². The van der Waals surface area contributed by atoms with Gasteiger partial charge in [0.15, 0.2) is 0 Å². The minimum Gasteiger partial charge on any atom is -0.377 e. The molecule has 0 radical (unpaired) electrons. The highest BCUT2D eigenvalue weighted by molar-refractivity contribution is 5.78. The van der Waals surface area contributed by atoms with E-state index >= 15 is 0 Å². The highest BCUT2D eigenvalue weighted by Crippen LogP contribution is 2.22. The molecule has 1 amide bonds. The number of carbonyl (C=O) groups excluding carboxylic acids is 1. The van der Waals surface area contributed by atoms with Crippen LogP contribution >= 0.6 is 0 Å². The smallest absolute Gasteiger partial charge is 0.234 e. The van der Waals surface area contributed by atoms with Gasteiger partial charge in [0.1, 0.15) is 5.82 Å². The first-order valence-electron chi connectivity index (χ1n) is 8.80. The van der Waals surface area contributed by atoms with Crippen molar-refractivity contribution < 1.29 is 13.9 Å². The zero-order valence-electron chi connectivity index (χ0n) is 14.9. The molecule has 1 aliphatic rings. The minimum absolute atomic E-state index is 0.0173. The molecular weight excluding hydrogens is 307 g/mol. The Balaban J connectivity index is 1.86. The Hall–Kier alpha value is -1.46. The molecule has 24 heavy (non-hydrogen) atoms. The monoisotopic (exact) mass is 336 g/mol. The summed E-state index contributed by atoms with van der Waals surface area (Å²) in [4.78, 5) is 14.4. The number of ether oxygens (including phenoxy) is 1. The minimum atomic E-state index is -0.264. The van der Waals surface area contributed by atoms with Crippen molar-refractivity contribution in [1.29, 1.82) is 0 Å². The van der Waals surface area contributed by atoms with Gasteiger partial charge in [0.05, 0.1) is 18.7 Å². The number of hydrogen-bond donors (Lipinski definition) is 1. The van der Waals surface area contributed by atoms with E-state index in [9.17, 15) is 9.18 Å². The zero-order chi connectivity index (χ0) is 17.5. The van der Waals surface area contributed by atoms with E-state index in [0.717, 1.165) is 31.6 Å². The number of nitrogens with one attached hydrogen (secondary N) is 1. The summed E-state index contributed by atoms with van der Waals surface area (Å²) in [7, 11) is 1.94. The lowest BCUT2D eigenvalue weighted by atomic mass is 9.96. The van der Waals surface area contributed by atoms with E-state index < -0.39 is 0 Å². The lowest BCUT2D eigenvalue weighted by Crippen LogP contribution is -2.42. The Morgan fingerprint density at radius 2 is 2.04 bits per heavy atom. The Morgan fingerprint density at radius 3 is 2.62 bits per heavy atom. The van der Waals surface area contributed by atoms with Crippen molar-refractivity contribution in [2.75, 3.05) is 26.7 Å². The van der Waals surface area contributed by atoms with Crippen LogP contribution in [0.1, 0.15) is 44.7 Å². The van der Waals surface area contributed by atoms with E-state index in [2.05, 4.69) is 5.32 Å². The van der Waals surface area contributed by atoms with E-state index in [1.54, 1.807) is 12.1 Å². The highest BCUT2D eigenvalue weighted by Gasteiger charge is 2.21. The van der Waals surface area contributed by atoms with Crippen LogP contribution in [0.3, 0.4) is 0 Å². The molecule has 1 aliphatic heterocycles. The van der Waals surface area contributed by atoms with Crippen molar-refractivity contribution in [3.8, 4) is 0 Å². The molecule has 0 aromatic heterocycles. The van der Waals surface area contributed by atoms with E-state index in [1.165, 1.54) is 18.6 Å². The van der Waals surface area contributed by atoms with Gasteiger partial charge in [0, 0.05) is 13.2 Å². The first-order chi connectivity index (χ1) is 11.5. The van der Waals surface area contributed by atoms with Crippen LogP contribution in [0, 0.1) is 11.7 Å². The topological polar surface area (TPSA) is 41.6 Å². The second-order valence-corrected chi connectivity index (χ2v) is 7.03. The predicted molar refractivity (Wildman–Crippen MR) is 93.2 cm³/mol. The van der Waals surface area contributed by atoms with Gasteiger partial charge in [0.2, 0.25) is 5.91 Å². The summed E-state index contributed by atoms with van der Waals surface area (Å²) in [6.07, 6.45) is 3.63. The van der Waals surface area contributed by atoms with Crippen molar-refractivity contribution in [1.82, 2.24) is 10.2 Å². The molecule has 1 fully saturated rings. The molecule has 1 saturated heterocycles. The second kappa shape index (κ2) is 9.14. The molecule has 1 N–H and O–H groups in total. The van der Waals surface area contributed by atoms with Gasteiger partial charge in [-0.1, -0.05) is 26.0 Å². The molecule has 2 atom stereocenters. The van der Waals surface area contributed by atoms with Gasteiger partial charge in [-0.15, -0.1) is 0 Å². The Kier molecular flexibility index (Phi) is 7.18. The Labute approximate surface area is 144 Å². The molecule has 0 saturated carbocycles. The van der Waals surface area contributed by atoms with Crippen LogP contribution in [0.5, 0.6) is 0 Å². The Morgan fingerprint density at radius 1 is 1.33 bits per heavy atom. The zero-order valence-corrected chi connectivity index (χ0v) is 14.9. The van der Waals surface area contributed by atoms with Crippen LogP contribution in [0.2, 0.25) is 0 Å². The highest BCUT2D eigenvalue weighted by atomic mass is 19.1. The summed E-state index contributed by atoms with van der Waals surface area (Å²) in [6.45, 7) is 6.03. The van der Waals surface area contributed by atoms with Crippen LogP contribution in [0.15, 0.2) is 24.3 Å². The number of likely N-dealkylation sites (N-methyl/N-ethyl adjacent to an activating group) is 1. The normalized spacial score (nSPS) is 19.5. The van der Waals surface area contributed by atoms with Crippen LogP contribution in [0.4, 0.5) is 4.39 Å². The average Bonchev–Trinajstić information content (AvgIpc) is 2.54. The number of benzene rings is 1. The predicted octanol–water partition coefficient (Wildman–Crippen LogP) is 3.14. The van der Waals surface area contributed by atoms with Gasteiger partial charge < -0.3 is 10.1 Å². The lowest BCUT2D eigenvalue weighted by molar-refractivity contribution is -0.123. The summed E-state index contributed by atoms with van der Waals surface area (Å²) in [6, 6.07) is 6.23. The van der Waals surface area contributed by atoms with E-state index in [0.29, 0.717) is 6.54 Å². The summed E-state index contributed by atoms with van der Waals surface area (Å²) in [5.74, 6) is -0.0532. The van der Waals surface area contributed by atoms with Crippen LogP contribution in [0.25, 0.3) is 0 Å². The van der Waals surface area contributed by atoms with Crippen molar-refractivity contribution >= 4 is 5.91 Å². The Bertz CT molecular complexity index is 513. The third-order valence-corrected chi connectivity index (χ3v) is 4.42. The maximum atomic E-state index is 13.1. The maximum Gasteiger partial charge on any atom is 0.234 e. The van der Waals surface area contributed by atoms with Gasteiger partial charge >= 0.3 is 0 Å². The molecule has 1 aromatic carbocycles. The number of rotatable bonds is 7. The number of hydrogen-bond acceptors (Lipinski definition) is 3. The first kappa shape index (κ1) is 18.9. The quantitative estimate of drug-likeness (QED) is 0.832. The van der Waals surface area contributed by atoms with Gasteiger partial charge in [-0.2, -0.15) is 0 Å². The molecule has 0 bridgehead atoms. The number of amides is 1. The fraction of sp³-hybridized carbons (Fsp3) is 0.632. The van der Waals surface area contributed by atoms with Gasteiger partial charge in [0.25, 0.3) is 0 Å². The third-order valence-electron chi connectivity index (χ3n) is 4.42. The fourth-order valence-corrected chi connectivity index (χ4v) is 3.13.